The van der Waals surface area contributed by atoms with E-state index in [1.807, 2.05) is 17.9 Å². The molecule has 1 aromatic rings. The summed E-state index contributed by atoms with van der Waals surface area (Å²) >= 11 is 0. The molecular formula is C9H17N5. The Labute approximate surface area is 84.1 Å². The zero-order valence-electron chi connectivity index (χ0n) is 8.77. The fourth-order valence-corrected chi connectivity index (χ4v) is 1.97. The second kappa shape index (κ2) is 3.96. The molecule has 1 aliphatic heterocycles. The number of nitrogens with one attached hydrogen (secondary N) is 1. The van der Waals surface area contributed by atoms with Crippen molar-refractivity contribution in [1.29, 1.82) is 0 Å². The molecule has 0 radical (unpaired) electrons. The number of piperazine rings is 1. The molecule has 1 atom stereocenters. The second-order valence-electron chi connectivity index (χ2n) is 3.68. The third-order valence-corrected chi connectivity index (χ3v) is 2.81. The number of hydrogen-bond donors (Lipinski definition) is 1. The summed E-state index contributed by atoms with van der Waals surface area (Å²) in [5.41, 5.74) is 0. The number of rotatable bonds is 2. The van der Waals surface area contributed by atoms with E-state index < -0.39 is 0 Å². The van der Waals surface area contributed by atoms with Gasteiger partial charge < -0.3 is 10.2 Å². The molecule has 1 unspecified atom stereocenters. The number of aromatic nitrogens is 3. The summed E-state index contributed by atoms with van der Waals surface area (Å²) in [6.07, 6.45) is 2.99. The van der Waals surface area contributed by atoms with Crippen LogP contribution in [0.3, 0.4) is 0 Å². The lowest BCUT2D eigenvalue weighted by Gasteiger charge is -2.36. The average Bonchev–Trinajstić information content (AvgIpc) is 2.64. The molecule has 0 bridgehead atoms. The van der Waals surface area contributed by atoms with E-state index in [1.165, 1.54) is 0 Å². The van der Waals surface area contributed by atoms with Crippen LogP contribution in [0.1, 0.15) is 13.3 Å². The van der Waals surface area contributed by atoms with Crippen LogP contribution in [0, 0.1) is 0 Å². The Morgan fingerprint density at radius 1 is 1.64 bits per heavy atom. The van der Waals surface area contributed by atoms with Crippen LogP contribution in [0.25, 0.3) is 0 Å². The quantitative estimate of drug-likeness (QED) is 0.721. The predicted molar refractivity (Wildman–Crippen MR) is 55.3 cm³/mol. The molecule has 14 heavy (non-hydrogen) atoms. The maximum absolute atomic E-state index is 3.97. The highest BCUT2D eigenvalue weighted by molar-refractivity contribution is 5.38. The van der Waals surface area contributed by atoms with Gasteiger partial charge in [0.15, 0.2) is 0 Å². The van der Waals surface area contributed by atoms with Crippen molar-refractivity contribution in [2.45, 2.75) is 19.4 Å². The van der Waals surface area contributed by atoms with Gasteiger partial charge in [-0.25, -0.2) is 4.68 Å². The highest BCUT2D eigenvalue weighted by Gasteiger charge is 2.22. The summed E-state index contributed by atoms with van der Waals surface area (Å²) in [4.78, 5) is 2.39. The monoisotopic (exact) mass is 195 g/mol. The molecular weight excluding hydrogens is 178 g/mol. The third kappa shape index (κ3) is 1.59. The van der Waals surface area contributed by atoms with Gasteiger partial charge >= 0.3 is 0 Å². The van der Waals surface area contributed by atoms with Crippen LogP contribution in [0.5, 0.6) is 0 Å². The van der Waals surface area contributed by atoms with E-state index in [2.05, 4.69) is 27.5 Å². The van der Waals surface area contributed by atoms with Crippen molar-refractivity contribution in [2.24, 2.45) is 7.05 Å². The van der Waals surface area contributed by atoms with E-state index >= 15 is 0 Å². The second-order valence-corrected chi connectivity index (χ2v) is 3.68. The van der Waals surface area contributed by atoms with E-state index in [0.717, 1.165) is 31.9 Å². The fraction of sp³-hybridized carbons (Fsp3) is 0.778. The molecule has 0 amide bonds. The van der Waals surface area contributed by atoms with Gasteiger partial charge in [0.25, 0.3) is 0 Å². The smallest absolute Gasteiger partial charge is 0.147 e. The molecule has 0 spiro atoms. The van der Waals surface area contributed by atoms with Crippen LogP contribution in [-0.4, -0.2) is 40.7 Å². The molecule has 1 aliphatic rings. The van der Waals surface area contributed by atoms with Gasteiger partial charge in [0.05, 0.1) is 6.20 Å². The number of anilines is 1. The van der Waals surface area contributed by atoms with Crippen molar-refractivity contribution in [3.63, 3.8) is 0 Å². The van der Waals surface area contributed by atoms with Crippen molar-refractivity contribution < 1.29 is 0 Å². The zero-order valence-corrected chi connectivity index (χ0v) is 8.77. The van der Waals surface area contributed by atoms with Crippen molar-refractivity contribution in [1.82, 2.24) is 20.3 Å². The van der Waals surface area contributed by atoms with Gasteiger partial charge in [-0.05, 0) is 6.42 Å². The summed E-state index contributed by atoms with van der Waals surface area (Å²) in [6.45, 7) is 5.36. The highest BCUT2D eigenvalue weighted by Crippen LogP contribution is 2.17. The van der Waals surface area contributed by atoms with Gasteiger partial charge in [-0.1, -0.05) is 12.1 Å². The minimum atomic E-state index is 0.570. The van der Waals surface area contributed by atoms with Crippen LogP contribution in [0.4, 0.5) is 5.82 Å². The van der Waals surface area contributed by atoms with E-state index in [9.17, 15) is 0 Å². The lowest BCUT2D eigenvalue weighted by molar-refractivity contribution is 0.456. The molecule has 5 heteroatoms. The van der Waals surface area contributed by atoms with Crippen molar-refractivity contribution >= 4 is 5.82 Å². The molecule has 0 saturated carbocycles. The van der Waals surface area contributed by atoms with E-state index in [-0.39, 0.29) is 0 Å². The van der Waals surface area contributed by atoms with E-state index in [4.69, 9.17) is 0 Å². The normalized spacial score (nSPS) is 22.7. The summed E-state index contributed by atoms with van der Waals surface area (Å²) in [5, 5.41) is 11.3. The van der Waals surface area contributed by atoms with Gasteiger partial charge in [0.2, 0.25) is 0 Å². The number of aryl methyl sites for hydroxylation is 1. The molecule has 5 nitrogen and oxygen atoms in total. The highest BCUT2D eigenvalue weighted by atomic mass is 15.5. The van der Waals surface area contributed by atoms with Crippen molar-refractivity contribution in [3.8, 4) is 0 Å². The Morgan fingerprint density at radius 2 is 2.50 bits per heavy atom. The SMILES string of the molecule is CCC1CNCCN1c1cnnn1C. The van der Waals surface area contributed by atoms with Crippen LogP contribution < -0.4 is 10.2 Å². The molecule has 0 aromatic carbocycles. The van der Waals surface area contributed by atoms with Crippen LogP contribution in [0.15, 0.2) is 6.20 Å². The molecule has 1 N–H and O–H groups in total. The molecule has 1 saturated heterocycles. The first-order valence-corrected chi connectivity index (χ1v) is 5.15. The van der Waals surface area contributed by atoms with Gasteiger partial charge in [-0.2, -0.15) is 0 Å². The van der Waals surface area contributed by atoms with Gasteiger partial charge in [0, 0.05) is 32.7 Å². The molecule has 1 fully saturated rings. The van der Waals surface area contributed by atoms with Gasteiger partial charge in [0.1, 0.15) is 5.82 Å². The maximum atomic E-state index is 3.97. The minimum Gasteiger partial charge on any atom is -0.350 e. The minimum absolute atomic E-state index is 0.570. The van der Waals surface area contributed by atoms with E-state index in [0.29, 0.717) is 6.04 Å². The topological polar surface area (TPSA) is 46.0 Å². The Kier molecular flexibility index (Phi) is 2.67. The Morgan fingerprint density at radius 3 is 3.14 bits per heavy atom. The molecule has 2 heterocycles. The standard InChI is InChI=1S/C9H17N5/c1-3-8-6-10-4-5-14(8)9-7-11-12-13(9)2/h7-8,10H,3-6H2,1-2H3. The number of nitrogens with zero attached hydrogens (tertiary/aromatic N) is 4. The average molecular weight is 195 g/mol. The van der Waals surface area contributed by atoms with Gasteiger partial charge in [-0.15, -0.1) is 5.10 Å². The molecule has 78 valence electrons. The maximum Gasteiger partial charge on any atom is 0.147 e. The molecule has 0 aliphatic carbocycles. The largest absolute Gasteiger partial charge is 0.350 e. The van der Waals surface area contributed by atoms with E-state index in [1.54, 1.807) is 0 Å². The first-order valence-electron chi connectivity index (χ1n) is 5.15. The first-order chi connectivity index (χ1) is 6.83. The van der Waals surface area contributed by atoms with Crippen LogP contribution >= 0.6 is 0 Å². The Hall–Kier alpha value is -1.10. The first kappa shape index (κ1) is 9.45. The summed E-state index contributed by atoms with van der Waals surface area (Å²) < 4.78 is 1.84. The summed E-state index contributed by atoms with van der Waals surface area (Å²) in [7, 11) is 1.94. The lowest BCUT2D eigenvalue weighted by atomic mass is 10.1. The van der Waals surface area contributed by atoms with Crippen LogP contribution in [0.2, 0.25) is 0 Å². The number of hydrogen-bond acceptors (Lipinski definition) is 4. The van der Waals surface area contributed by atoms with Gasteiger partial charge in [-0.3, -0.25) is 0 Å². The molecule has 2 rings (SSSR count). The van der Waals surface area contributed by atoms with Crippen LogP contribution in [-0.2, 0) is 7.05 Å². The Balaban J connectivity index is 2.19. The molecule has 1 aromatic heterocycles. The van der Waals surface area contributed by atoms with Crippen molar-refractivity contribution in [3.05, 3.63) is 6.20 Å². The lowest BCUT2D eigenvalue weighted by Crippen LogP contribution is -2.51. The van der Waals surface area contributed by atoms with Crippen molar-refractivity contribution in [2.75, 3.05) is 24.5 Å². The summed E-state index contributed by atoms with van der Waals surface area (Å²) in [5.74, 6) is 1.12. The zero-order chi connectivity index (χ0) is 9.97. The fourth-order valence-electron chi connectivity index (χ4n) is 1.97. The summed E-state index contributed by atoms with van der Waals surface area (Å²) in [6, 6.07) is 0.570. The Bertz CT molecular complexity index is 295. The third-order valence-electron chi connectivity index (χ3n) is 2.81. The predicted octanol–water partition coefficient (Wildman–Crippen LogP) is 0.00330.